The Balaban J connectivity index is 0.969. The molecule has 4 fully saturated rings. The summed E-state index contributed by atoms with van der Waals surface area (Å²) >= 11 is 0. The standard InChI is InChI=1S/C31H47N11O25P4S/c1-40-11-42(26-16(40)27(46)39-30(34)38-26)29-21-22(45)31(64-29,14(63-21)4-5-72(3,55)56)8-60-70(51,52)67-71(53,54)66-69(49,50)59-7-13-19(65-68(47,48)58-6-12-17(43)18(44)24(33)61-12)20(57-2)28(62-13)41-10-37-15-23(32)35-9-36-25(15)41/h9-14,17-22,24,28-29,43-45H,4-8,33H2,1-3H3,(H8-,32,34,35,36,38,39,46,47,48,49,50,51,52,53,54)/t12-,13-,14+,17+,18?,19+,20?,21?,22-,24-,28-,29-,31+/m1/s1. The number of rotatable bonds is 21. The number of nitrogen functional groups attached to an aromatic ring is 2. The van der Waals surface area contributed by atoms with Crippen molar-refractivity contribution in [3.8, 4) is 0 Å². The molecule has 2 bridgehead atoms. The molecule has 0 spiro atoms. The molecule has 8 heterocycles. The number of hydrogen-bond acceptors (Lipinski definition) is 29. The van der Waals surface area contributed by atoms with E-state index in [2.05, 4.69) is 33.5 Å². The number of methoxy groups -OCH3 is 1. The Kier molecular flexibility index (Phi) is 15.2. The van der Waals surface area contributed by atoms with Crippen LogP contribution in [-0.4, -0.2) is 178 Å². The molecule has 41 heteroatoms. The second-order valence-electron chi connectivity index (χ2n) is 16.6. The van der Waals surface area contributed by atoms with Crippen molar-refractivity contribution in [2.75, 3.05) is 50.4 Å². The average molecular weight is 1130 g/mol. The van der Waals surface area contributed by atoms with Gasteiger partial charge >= 0.3 is 29.1 Å². The fraction of sp³-hybridized carbons (Fsp3) is 0.677. The smallest absolute Gasteiger partial charge is 0.490 e. The zero-order valence-electron chi connectivity index (χ0n) is 37.2. The molecule has 0 aromatic carbocycles. The Labute approximate surface area is 403 Å². The van der Waals surface area contributed by atoms with Gasteiger partial charge in [0.05, 0.1) is 45.1 Å². The van der Waals surface area contributed by atoms with Crippen molar-refractivity contribution in [3.63, 3.8) is 0 Å². The van der Waals surface area contributed by atoms with E-state index in [9.17, 15) is 66.4 Å². The number of nitrogens with zero attached hydrogens (tertiary/aromatic N) is 7. The fourth-order valence-corrected chi connectivity index (χ4v) is 13.6. The summed E-state index contributed by atoms with van der Waals surface area (Å²) in [5.74, 6) is -0.965. The number of nitrogens with one attached hydrogen (secondary N) is 1. The number of anilines is 2. The maximum atomic E-state index is 13.3. The molecule has 0 saturated carbocycles. The van der Waals surface area contributed by atoms with Gasteiger partial charge in [0.2, 0.25) is 11.7 Å². The molecule has 4 aliphatic rings. The van der Waals surface area contributed by atoms with Crippen molar-refractivity contribution in [1.82, 2.24) is 34.1 Å². The van der Waals surface area contributed by atoms with Crippen LogP contribution in [0.1, 0.15) is 18.9 Å². The maximum Gasteiger partial charge on any atom is 0.490 e. The Morgan fingerprint density at radius 1 is 0.944 bits per heavy atom. The third-order valence-corrected chi connectivity index (χ3v) is 17.8. The van der Waals surface area contributed by atoms with Crippen molar-refractivity contribution in [2.24, 2.45) is 12.8 Å². The number of hydrogen-bond donors (Lipinski definition) is 10. The summed E-state index contributed by atoms with van der Waals surface area (Å²) in [5.41, 5.74) is 14.2. The lowest BCUT2D eigenvalue weighted by Crippen LogP contribution is -2.54. The minimum Gasteiger partial charge on any atom is -0.756 e. The number of ether oxygens (including phenoxy) is 5. The van der Waals surface area contributed by atoms with Gasteiger partial charge in [-0.2, -0.15) is 8.62 Å². The molecule has 0 amide bonds. The van der Waals surface area contributed by atoms with Crippen LogP contribution >= 0.6 is 31.3 Å². The van der Waals surface area contributed by atoms with Gasteiger partial charge < -0.3 is 84.8 Å². The number of aromatic nitrogens is 8. The van der Waals surface area contributed by atoms with E-state index in [0.29, 0.717) is 0 Å². The van der Waals surface area contributed by atoms with Crippen molar-refractivity contribution in [2.45, 2.75) is 85.6 Å². The molecular weight excluding hydrogens is 1080 g/mol. The molecule has 13 N–H and O–H groups in total. The summed E-state index contributed by atoms with van der Waals surface area (Å²) < 4.78 is 138. The first-order valence-electron chi connectivity index (χ1n) is 20.6. The number of aryl methyl sites for hydroxylation is 1. The van der Waals surface area contributed by atoms with Gasteiger partial charge in [-0.05, 0) is 6.42 Å². The average Bonchev–Trinajstić information content (AvgIpc) is 4.09. The second kappa shape index (κ2) is 20.0. The van der Waals surface area contributed by atoms with Crippen LogP contribution < -0.4 is 32.2 Å². The number of fused-ring (bicyclic) bond motifs is 4. The third-order valence-electron chi connectivity index (χ3n) is 11.6. The fourth-order valence-electron chi connectivity index (χ4n) is 8.46. The topological polar surface area (TPSA) is 525 Å². The van der Waals surface area contributed by atoms with E-state index in [0.717, 1.165) is 26.0 Å². The third kappa shape index (κ3) is 11.1. The number of sulfone groups is 1. The minimum absolute atomic E-state index is 0.00593. The molecule has 4 aromatic rings. The first-order chi connectivity index (χ1) is 33.4. The molecule has 4 saturated heterocycles. The van der Waals surface area contributed by atoms with E-state index >= 15 is 0 Å². The number of aromatic amines is 1. The van der Waals surface area contributed by atoms with Crippen LogP contribution in [-0.2, 0) is 85.5 Å². The maximum absolute atomic E-state index is 13.3. The molecule has 0 radical (unpaired) electrons. The summed E-state index contributed by atoms with van der Waals surface area (Å²) in [4.78, 5) is 76.2. The highest BCUT2D eigenvalue weighted by molar-refractivity contribution is 7.90. The summed E-state index contributed by atoms with van der Waals surface area (Å²) in [7, 11) is -25.0. The molecule has 0 aliphatic carbocycles. The Hall–Kier alpha value is -3.39. The van der Waals surface area contributed by atoms with Crippen molar-refractivity contribution >= 4 is 75.2 Å². The predicted octanol–water partition coefficient (Wildman–Crippen LogP) is -5.06. The van der Waals surface area contributed by atoms with Crippen molar-refractivity contribution in [1.29, 1.82) is 0 Å². The first-order valence-corrected chi connectivity index (χ1v) is 28.6. The van der Waals surface area contributed by atoms with E-state index in [4.69, 9.17) is 59.0 Å². The zero-order valence-corrected chi connectivity index (χ0v) is 41.6. The van der Waals surface area contributed by atoms with Gasteiger partial charge in [-0.25, -0.2) is 41.6 Å². The molecule has 72 heavy (non-hydrogen) atoms. The lowest BCUT2D eigenvalue weighted by atomic mass is 9.92. The number of imidazole rings is 2. The van der Waals surface area contributed by atoms with E-state index in [1.165, 1.54) is 27.1 Å². The highest BCUT2D eigenvalue weighted by Crippen LogP contribution is 2.68. The van der Waals surface area contributed by atoms with Crippen LogP contribution in [0.5, 0.6) is 0 Å². The largest absolute Gasteiger partial charge is 0.756 e. The Morgan fingerprint density at radius 3 is 2.28 bits per heavy atom. The van der Waals surface area contributed by atoms with Crippen molar-refractivity contribution < 1.29 is 117 Å². The molecule has 17 atom stereocenters. The van der Waals surface area contributed by atoms with E-state index in [1.807, 2.05) is 0 Å². The van der Waals surface area contributed by atoms with Gasteiger partial charge in [0.1, 0.15) is 76.7 Å². The molecule has 8 rings (SSSR count). The number of aliphatic hydroxyl groups excluding tert-OH is 3. The summed E-state index contributed by atoms with van der Waals surface area (Å²) in [5, 5.41) is 31.6. The number of H-pyrrole nitrogens is 1. The first kappa shape index (κ1) is 54.9. The van der Waals surface area contributed by atoms with Crippen LogP contribution in [0, 0.1) is 0 Å². The predicted molar refractivity (Wildman–Crippen MR) is 229 cm³/mol. The molecule has 36 nitrogen and oxygen atoms in total. The highest BCUT2D eigenvalue weighted by Gasteiger charge is 2.69. The van der Waals surface area contributed by atoms with Gasteiger partial charge in [0.15, 0.2) is 29.6 Å². The van der Waals surface area contributed by atoms with E-state index in [-0.39, 0.29) is 34.1 Å². The highest BCUT2D eigenvalue weighted by atomic mass is 32.2. The monoisotopic (exact) mass is 1130 g/mol. The summed E-state index contributed by atoms with van der Waals surface area (Å²) in [6.07, 6.45) is -15.0. The normalized spacial score (nSPS) is 34.1. The number of nitrogens with two attached hydrogens (primary N) is 3. The number of phosphoric acid groups is 4. The number of phosphoric ester groups is 3. The quantitative estimate of drug-likeness (QED) is 0.0276. The lowest BCUT2D eigenvalue weighted by Gasteiger charge is -2.36. The van der Waals surface area contributed by atoms with Crippen LogP contribution in [0.2, 0.25) is 0 Å². The Morgan fingerprint density at radius 2 is 1.62 bits per heavy atom. The molecule has 4 aromatic heterocycles. The van der Waals surface area contributed by atoms with Crippen LogP contribution in [0.15, 0.2) is 23.8 Å². The van der Waals surface area contributed by atoms with Crippen LogP contribution in [0.25, 0.3) is 22.3 Å². The van der Waals surface area contributed by atoms with E-state index in [1.54, 1.807) is 0 Å². The lowest BCUT2D eigenvalue weighted by molar-refractivity contribution is -0.753. The molecule has 4 aliphatic heterocycles. The van der Waals surface area contributed by atoms with Gasteiger partial charge in [0, 0.05) is 13.4 Å². The van der Waals surface area contributed by atoms with Gasteiger partial charge in [-0.15, -0.1) is 0 Å². The molecule has 402 valence electrons. The summed E-state index contributed by atoms with van der Waals surface area (Å²) in [6.45, 7) is -3.48. The SMILES string of the molecule is COC1[C@@H](OP(=O)([O-])OC[C@H]2O[C@@H](N)C(O)[C@H]2O)[C@@H](COP(=O)(O)OP(=O)(O)OP(=O)(O)OC[C@]23O[C@@H]([n+]4cn(C)c5c(=O)[nH]c(N)nc54)C(O[C@H]2CCS(C)(=O)=O)[C@H]3O)O[C@H]1n1cnc2c(N)ncnc21. The molecular formula is C31H47N11O25P4S. The van der Waals surface area contributed by atoms with Crippen LogP contribution in [0.4, 0.5) is 11.8 Å². The van der Waals surface area contributed by atoms with Crippen LogP contribution in [0.3, 0.4) is 0 Å². The summed E-state index contributed by atoms with van der Waals surface area (Å²) in [6, 6.07) is 0. The van der Waals surface area contributed by atoms with Crippen molar-refractivity contribution in [3.05, 3.63) is 29.3 Å². The van der Waals surface area contributed by atoms with Gasteiger partial charge in [0.25, 0.3) is 19.3 Å². The second-order valence-corrected chi connectivity index (χ2v) is 24.9. The molecule has 7 unspecified atom stereocenters. The Bertz CT molecular complexity index is 3080. The zero-order chi connectivity index (χ0) is 52.7. The van der Waals surface area contributed by atoms with E-state index < -0.39 is 158 Å². The number of aliphatic hydroxyl groups is 3. The van der Waals surface area contributed by atoms with Gasteiger partial charge in [-0.3, -0.25) is 32.5 Å². The van der Waals surface area contributed by atoms with Gasteiger partial charge in [-0.1, -0.05) is 4.98 Å². The minimum atomic E-state index is -6.28.